The molecule has 0 aromatic heterocycles. The average molecular weight is 519 g/mol. The normalized spacial score (nSPS) is 19.7. The summed E-state index contributed by atoms with van der Waals surface area (Å²) in [4.78, 5) is 22.2. The lowest BCUT2D eigenvalue weighted by molar-refractivity contribution is -0.127. The lowest BCUT2D eigenvalue weighted by Crippen LogP contribution is -2.53. The minimum absolute atomic E-state index is 0. The summed E-state index contributed by atoms with van der Waals surface area (Å²) in [5.74, 6) is 0.484. The molecule has 1 aromatic rings. The quantitative estimate of drug-likeness (QED) is 0.365. The lowest BCUT2D eigenvalue weighted by Gasteiger charge is -2.38. The van der Waals surface area contributed by atoms with Gasteiger partial charge in [-0.2, -0.15) is 0 Å². The number of hydrogen-bond acceptors (Lipinski definition) is 4. The van der Waals surface area contributed by atoms with Gasteiger partial charge in [0.25, 0.3) is 0 Å². The second-order valence-corrected chi connectivity index (χ2v) is 7.37. The summed E-state index contributed by atoms with van der Waals surface area (Å²) in [6, 6.07) is 6.86. The van der Waals surface area contributed by atoms with Crippen molar-refractivity contribution in [1.82, 2.24) is 15.1 Å². The number of halogens is 2. The molecule has 2 aliphatic rings. The molecule has 1 amide bonds. The van der Waals surface area contributed by atoms with Crippen LogP contribution in [0.2, 0.25) is 0 Å². The van der Waals surface area contributed by atoms with Crippen LogP contribution in [-0.2, 0) is 9.53 Å². The number of ether oxygens (including phenoxy) is 1. The number of carbonyl (C=O) groups is 1. The monoisotopic (exact) mass is 519 g/mol. The van der Waals surface area contributed by atoms with E-state index in [4.69, 9.17) is 4.74 Å². The number of rotatable bonds is 5. The summed E-state index contributed by atoms with van der Waals surface area (Å²) < 4.78 is 19.7. The Bertz CT molecular complexity index is 689. The van der Waals surface area contributed by atoms with E-state index in [-0.39, 0.29) is 48.3 Å². The molecule has 9 heteroatoms. The number of carbonyl (C=O) groups excluding carboxylic acids is 1. The molecule has 1 atom stereocenters. The Morgan fingerprint density at radius 3 is 2.62 bits per heavy atom. The smallest absolute Gasteiger partial charge is 0.243 e. The highest BCUT2D eigenvalue weighted by molar-refractivity contribution is 14.0. The van der Waals surface area contributed by atoms with Gasteiger partial charge in [-0.25, -0.2) is 9.38 Å². The van der Waals surface area contributed by atoms with Crippen molar-refractivity contribution in [3.05, 3.63) is 30.1 Å². The summed E-state index contributed by atoms with van der Waals surface area (Å²) in [5, 5.41) is 3.38. The predicted octanol–water partition coefficient (Wildman–Crippen LogP) is 1.78. The zero-order valence-corrected chi connectivity index (χ0v) is 19.5. The van der Waals surface area contributed by atoms with Crippen molar-refractivity contribution in [1.29, 1.82) is 0 Å². The minimum atomic E-state index is -0.196. The number of benzene rings is 1. The number of amides is 1. The van der Waals surface area contributed by atoms with Crippen molar-refractivity contribution in [3.63, 3.8) is 0 Å². The zero-order valence-electron chi connectivity index (χ0n) is 17.1. The molecule has 7 nitrogen and oxygen atoms in total. The summed E-state index contributed by atoms with van der Waals surface area (Å²) in [5.41, 5.74) is 0.635. The van der Waals surface area contributed by atoms with Gasteiger partial charge in [0.15, 0.2) is 5.96 Å². The van der Waals surface area contributed by atoms with Gasteiger partial charge in [-0.1, -0.05) is 12.1 Å². The van der Waals surface area contributed by atoms with Gasteiger partial charge in [-0.05, 0) is 25.0 Å². The van der Waals surface area contributed by atoms with Crippen LogP contribution in [0.15, 0.2) is 29.3 Å². The molecule has 0 spiro atoms. The molecule has 29 heavy (non-hydrogen) atoms. The van der Waals surface area contributed by atoms with Gasteiger partial charge in [0.1, 0.15) is 12.4 Å². The van der Waals surface area contributed by atoms with Gasteiger partial charge >= 0.3 is 0 Å². The van der Waals surface area contributed by atoms with E-state index < -0.39 is 0 Å². The maximum absolute atomic E-state index is 14.1. The van der Waals surface area contributed by atoms with Crippen LogP contribution in [0.5, 0.6) is 0 Å². The van der Waals surface area contributed by atoms with Crippen molar-refractivity contribution < 1.29 is 13.9 Å². The van der Waals surface area contributed by atoms with E-state index in [0.717, 1.165) is 25.4 Å². The van der Waals surface area contributed by atoms with Crippen molar-refractivity contribution in [2.75, 3.05) is 64.9 Å². The van der Waals surface area contributed by atoms with Gasteiger partial charge in [-0.3, -0.25) is 4.79 Å². The van der Waals surface area contributed by atoms with Gasteiger partial charge in [-0.15, -0.1) is 24.0 Å². The molecule has 1 N–H and O–H groups in total. The van der Waals surface area contributed by atoms with Crippen molar-refractivity contribution in [3.8, 4) is 0 Å². The highest BCUT2D eigenvalue weighted by atomic mass is 127. The van der Waals surface area contributed by atoms with E-state index in [1.807, 2.05) is 12.1 Å². The largest absolute Gasteiger partial charge is 0.376 e. The van der Waals surface area contributed by atoms with Crippen LogP contribution in [0, 0.1) is 5.82 Å². The van der Waals surface area contributed by atoms with Crippen LogP contribution >= 0.6 is 24.0 Å². The molecule has 1 unspecified atom stereocenters. The van der Waals surface area contributed by atoms with E-state index in [1.165, 1.54) is 11.0 Å². The Morgan fingerprint density at radius 1 is 1.28 bits per heavy atom. The van der Waals surface area contributed by atoms with Crippen molar-refractivity contribution in [2.24, 2.45) is 4.99 Å². The molecule has 0 saturated carbocycles. The Kier molecular flexibility index (Phi) is 9.41. The molecule has 162 valence electrons. The fraction of sp³-hybridized carbons (Fsp3) is 0.600. The summed E-state index contributed by atoms with van der Waals surface area (Å²) in [7, 11) is 3.45. The molecule has 0 aliphatic carbocycles. The van der Waals surface area contributed by atoms with Crippen molar-refractivity contribution in [2.45, 2.75) is 18.9 Å². The third-order valence-corrected chi connectivity index (χ3v) is 5.15. The Morgan fingerprint density at radius 2 is 2.00 bits per heavy atom. The second kappa shape index (κ2) is 11.5. The van der Waals surface area contributed by atoms with Crippen LogP contribution in [-0.4, -0.2) is 87.7 Å². The number of anilines is 1. The highest BCUT2D eigenvalue weighted by Gasteiger charge is 2.23. The first-order valence-electron chi connectivity index (χ1n) is 9.89. The molecule has 2 aliphatic heterocycles. The fourth-order valence-electron chi connectivity index (χ4n) is 3.43. The summed E-state index contributed by atoms with van der Waals surface area (Å²) >= 11 is 0. The fourth-order valence-corrected chi connectivity index (χ4v) is 3.43. The summed E-state index contributed by atoms with van der Waals surface area (Å²) in [6.45, 7) is 4.41. The van der Waals surface area contributed by atoms with Crippen LogP contribution in [0.3, 0.4) is 0 Å². The number of aliphatic imine (C=N–C) groups is 1. The number of nitrogens with one attached hydrogen (secondary N) is 1. The number of piperazine rings is 1. The van der Waals surface area contributed by atoms with E-state index in [2.05, 4.69) is 20.1 Å². The third kappa shape index (κ3) is 6.70. The van der Waals surface area contributed by atoms with Gasteiger partial charge in [0.2, 0.25) is 5.91 Å². The number of para-hydroxylation sites is 1. The van der Waals surface area contributed by atoms with Crippen LogP contribution < -0.4 is 10.2 Å². The van der Waals surface area contributed by atoms with Gasteiger partial charge in [0, 0.05) is 53.4 Å². The highest BCUT2D eigenvalue weighted by Crippen LogP contribution is 2.20. The average Bonchev–Trinajstić information content (AvgIpc) is 3.22. The molecule has 2 fully saturated rings. The maximum atomic E-state index is 14.1. The second-order valence-electron chi connectivity index (χ2n) is 7.37. The van der Waals surface area contributed by atoms with E-state index in [9.17, 15) is 9.18 Å². The zero-order chi connectivity index (χ0) is 19.9. The molecular formula is C20H31FIN5O2. The number of likely N-dealkylation sites (N-methyl/N-ethyl adjacent to an activating group) is 1. The molecule has 0 radical (unpaired) electrons. The maximum Gasteiger partial charge on any atom is 0.243 e. The first-order chi connectivity index (χ1) is 13.5. The van der Waals surface area contributed by atoms with Gasteiger partial charge in [0.05, 0.1) is 11.8 Å². The molecule has 0 bridgehead atoms. The first kappa shape index (κ1) is 23.7. The molecule has 1 aromatic carbocycles. The van der Waals surface area contributed by atoms with Gasteiger partial charge < -0.3 is 24.8 Å². The van der Waals surface area contributed by atoms with Crippen LogP contribution in [0.4, 0.5) is 10.1 Å². The Hall–Kier alpha value is -1.62. The number of nitrogens with zero attached hydrogens (tertiary/aromatic N) is 4. The number of guanidine groups is 1. The van der Waals surface area contributed by atoms with E-state index in [1.54, 1.807) is 20.2 Å². The predicted molar refractivity (Wildman–Crippen MR) is 124 cm³/mol. The summed E-state index contributed by atoms with van der Waals surface area (Å²) in [6.07, 6.45) is 2.31. The molecular weight excluding hydrogens is 488 g/mol. The van der Waals surface area contributed by atoms with E-state index >= 15 is 0 Å². The Balaban J connectivity index is 0.00000300. The van der Waals surface area contributed by atoms with E-state index in [0.29, 0.717) is 38.4 Å². The molecule has 2 saturated heterocycles. The van der Waals surface area contributed by atoms with Crippen LogP contribution in [0.1, 0.15) is 12.8 Å². The van der Waals surface area contributed by atoms with Crippen LogP contribution in [0.25, 0.3) is 0 Å². The third-order valence-electron chi connectivity index (χ3n) is 5.15. The topological polar surface area (TPSA) is 60.4 Å². The minimum Gasteiger partial charge on any atom is -0.376 e. The molecule has 3 rings (SSSR count). The Labute approximate surface area is 189 Å². The molecule has 2 heterocycles. The first-order valence-corrected chi connectivity index (χ1v) is 9.89. The number of hydrogen-bond donors (Lipinski definition) is 1. The SMILES string of the molecule is CN(C)C(=O)CN=C(NCC1CCCO1)N1CCN(c2ccccc2F)CC1.I. The lowest BCUT2D eigenvalue weighted by atomic mass is 10.2. The standard InChI is InChI=1S/C20H30FN5O2.HI/c1-24(2)19(27)15-23-20(22-14-16-6-5-13-28-16)26-11-9-25(10-12-26)18-8-4-3-7-17(18)21;/h3-4,7-8,16H,5-6,9-15H2,1-2H3,(H,22,23);1H. The van der Waals surface area contributed by atoms with Crippen molar-refractivity contribution >= 4 is 41.5 Å².